The summed E-state index contributed by atoms with van der Waals surface area (Å²) in [4.78, 5) is 33.1. The van der Waals surface area contributed by atoms with Gasteiger partial charge in [0.05, 0.1) is 23.9 Å². The van der Waals surface area contributed by atoms with E-state index in [1.165, 1.54) is 48.8 Å². The fourth-order valence-electron chi connectivity index (χ4n) is 4.32. The van der Waals surface area contributed by atoms with Gasteiger partial charge in [0, 0.05) is 37.5 Å². The molecule has 0 aliphatic carbocycles. The number of aromatic amines is 1. The van der Waals surface area contributed by atoms with E-state index in [0.717, 1.165) is 6.26 Å². The Bertz CT molecular complexity index is 1500. The summed E-state index contributed by atoms with van der Waals surface area (Å²) in [6.07, 6.45) is 2.98. The van der Waals surface area contributed by atoms with Crippen molar-refractivity contribution in [1.82, 2.24) is 14.9 Å². The first-order chi connectivity index (χ1) is 18.3. The Hall–Kier alpha value is -3.71. The lowest BCUT2D eigenvalue weighted by Gasteiger charge is -2.40. The van der Waals surface area contributed by atoms with Crippen molar-refractivity contribution in [2.45, 2.75) is 37.0 Å². The fourth-order valence-corrected chi connectivity index (χ4v) is 5.10. The maximum Gasteiger partial charge on any atom is 0.257 e. The van der Waals surface area contributed by atoms with Crippen LogP contribution in [0.25, 0.3) is 0 Å². The molecule has 1 amide bonds. The zero-order valence-electron chi connectivity index (χ0n) is 21.2. The lowest BCUT2D eigenvalue weighted by molar-refractivity contribution is -0.125. The highest BCUT2D eigenvalue weighted by Crippen LogP contribution is 2.40. The van der Waals surface area contributed by atoms with E-state index in [1.54, 1.807) is 17.9 Å². The molecule has 1 saturated heterocycles. The molecule has 0 spiro atoms. The van der Waals surface area contributed by atoms with Crippen LogP contribution in [-0.2, 0) is 20.4 Å². The first-order valence-corrected chi connectivity index (χ1v) is 14.1. The Morgan fingerprint density at radius 3 is 2.56 bits per heavy atom. The van der Waals surface area contributed by atoms with E-state index < -0.39 is 57.2 Å². The second-order valence-electron chi connectivity index (χ2n) is 9.52. The average molecular weight is 565 g/mol. The number of aromatic nitrogens is 2. The highest BCUT2D eigenvalue weighted by Gasteiger charge is 2.46. The molecule has 39 heavy (non-hydrogen) atoms. The molecule has 208 valence electrons. The van der Waals surface area contributed by atoms with Crippen molar-refractivity contribution in [3.8, 4) is 11.5 Å². The summed E-state index contributed by atoms with van der Waals surface area (Å²) in [6.45, 7) is 1.35. The molecular weight excluding hydrogens is 537 g/mol. The maximum atomic E-state index is 14.9. The number of hydrogen-bond acceptors (Lipinski definition) is 7. The number of anilines is 1. The van der Waals surface area contributed by atoms with Crippen LogP contribution < -0.4 is 15.6 Å². The standard InChI is InChI=1S/C26H27F3N4O5S/c1-16(24(34)32-23-8-7-21(13-30-23)38-20-5-3-19(27)4-6-20)33-10-9-26(28,29)22(14-33)17-11-18(15-39(2,36)37)25(35)31-12-17/h3-8,11-13,16,22H,9-10,14-15H2,1-2H3,(H,31,35)(H,30,32,34). The number of rotatable bonds is 8. The van der Waals surface area contributed by atoms with E-state index in [-0.39, 0.29) is 30.0 Å². The molecule has 0 saturated carbocycles. The molecule has 2 aromatic heterocycles. The third-order valence-corrected chi connectivity index (χ3v) is 7.28. The molecule has 0 radical (unpaired) electrons. The Labute approximate surface area is 222 Å². The van der Waals surface area contributed by atoms with Crippen LogP contribution in [0.5, 0.6) is 11.5 Å². The summed E-state index contributed by atoms with van der Waals surface area (Å²) in [6, 6.07) is 8.92. The Morgan fingerprint density at radius 1 is 1.23 bits per heavy atom. The van der Waals surface area contributed by atoms with Gasteiger partial charge >= 0.3 is 0 Å². The van der Waals surface area contributed by atoms with Crippen molar-refractivity contribution < 1.29 is 31.1 Å². The van der Waals surface area contributed by atoms with Crippen molar-refractivity contribution in [3.05, 3.63) is 82.2 Å². The number of benzene rings is 1. The maximum absolute atomic E-state index is 14.9. The van der Waals surface area contributed by atoms with Crippen molar-refractivity contribution in [3.63, 3.8) is 0 Å². The number of likely N-dealkylation sites (tertiary alicyclic amines) is 1. The zero-order chi connectivity index (χ0) is 28.4. The molecule has 13 heteroatoms. The van der Waals surface area contributed by atoms with Gasteiger partial charge in [-0.15, -0.1) is 0 Å². The highest BCUT2D eigenvalue weighted by atomic mass is 32.2. The van der Waals surface area contributed by atoms with Gasteiger partial charge in [0.2, 0.25) is 5.91 Å². The van der Waals surface area contributed by atoms with E-state index >= 15 is 0 Å². The van der Waals surface area contributed by atoms with E-state index in [4.69, 9.17) is 4.74 Å². The van der Waals surface area contributed by atoms with Gasteiger partial charge in [-0.2, -0.15) is 0 Å². The summed E-state index contributed by atoms with van der Waals surface area (Å²) in [7, 11) is -3.56. The van der Waals surface area contributed by atoms with Gasteiger partial charge in [-0.05, 0) is 55.0 Å². The number of ether oxygens (including phenoxy) is 1. The second kappa shape index (κ2) is 11.2. The topological polar surface area (TPSA) is 121 Å². The number of sulfone groups is 1. The van der Waals surface area contributed by atoms with Crippen LogP contribution in [0.2, 0.25) is 0 Å². The fraction of sp³-hybridized carbons (Fsp3) is 0.346. The number of carbonyl (C=O) groups excluding carboxylic acids is 1. The smallest absolute Gasteiger partial charge is 0.257 e. The van der Waals surface area contributed by atoms with Crippen molar-refractivity contribution in [2.24, 2.45) is 0 Å². The Kier molecular flexibility index (Phi) is 8.12. The number of amides is 1. The van der Waals surface area contributed by atoms with Gasteiger partial charge in [0.25, 0.3) is 11.5 Å². The number of alkyl halides is 2. The predicted octanol–water partition coefficient (Wildman–Crippen LogP) is 3.70. The summed E-state index contributed by atoms with van der Waals surface area (Å²) in [5.41, 5.74) is -0.685. The molecule has 1 aliphatic rings. The normalized spacial score (nSPS) is 18.3. The Morgan fingerprint density at radius 2 is 1.92 bits per heavy atom. The third-order valence-electron chi connectivity index (χ3n) is 6.45. The molecule has 3 aromatic rings. The van der Waals surface area contributed by atoms with E-state index in [0.29, 0.717) is 11.5 Å². The predicted molar refractivity (Wildman–Crippen MR) is 138 cm³/mol. The quantitative estimate of drug-likeness (QED) is 0.428. The molecular formula is C26H27F3N4O5S. The number of piperidine rings is 1. The van der Waals surface area contributed by atoms with Gasteiger partial charge in [0.15, 0.2) is 9.84 Å². The number of nitrogens with one attached hydrogen (secondary N) is 2. The van der Waals surface area contributed by atoms with Crippen LogP contribution in [0, 0.1) is 5.82 Å². The third kappa shape index (κ3) is 7.24. The lowest BCUT2D eigenvalue weighted by Crippen LogP contribution is -2.52. The molecule has 1 aromatic carbocycles. The first-order valence-electron chi connectivity index (χ1n) is 12.0. The number of hydrogen-bond donors (Lipinski definition) is 2. The molecule has 3 heterocycles. The molecule has 4 rings (SSSR count). The molecule has 1 aliphatic heterocycles. The monoisotopic (exact) mass is 564 g/mol. The average Bonchev–Trinajstić information content (AvgIpc) is 2.87. The minimum Gasteiger partial charge on any atom is -0.456 e. The summed E-state index contributed by atoms with van der Waals surface area (Å²) in [5.74, 6) is -4.92. The summed E-state index contributed by atoms with van der Waals surface area (Å²) >= 11 is 0. The van der Waals surface area contributed by atoms with Gasteiger partial charge in [-0.3, -0.25) is 14.5 Å². The second-order valence-corrected chi connectivity index (χ2v) is 11.7. The van der Waals surface area contributed by atoms with Crippen LogP contribution in [0.4, 0.5) is 19.0 Å². The SMILES string of the molecule is CC(C(=O)Nc1ccc(Oc2ccc(F)cc2)cn1)N1CCC(F)(F)C(c2c[nH]c(=O)c(CS(C)(=O)=O)c2)C1. The Balaban J connectivity index is 1.43. The number of halogens is 3. The van der Waals surface area contributed by atoms with Gasteiger partial charge in [0.1, 0.15) is 23.1 Å². The highest BCUT2D eigenvalue weighted by molar-refractivity contribution is 7.89. The van der Waals surface area contributed by atoms with E-state index in [1.807, 2.05) is 0 Å². The molecule has 9 nitrogen and oxygen atoms in total. The molecule has 2 unspecified atom stereocenters. The molecule has 1 fully saturated rings. The van der Waals surface area contributed by atoms with E-state index in [9.17, 15) is 31.2 Å². The van der Waals surface area contributed by atoms with Crippen molar-refractivity contribution >= 4 is 21.6 Å². The van der Waals surface area contributed by atoms with E-state index in [2.05, 4.69) is 15.3 Å². The summed E-state index contributed by atoms with van der Waals surface area (Å²) < 4.78 is 71.9. The molecule has 2 atom stereocenters. The minimum atomic E-state index is -3.56. The number of nitrogens with zero attached hydrogens (tertiary/aromatic N) is 2. The largest absolute Gasteiger partial charge is 0.456 e. The van der Waals surface area contributed by atoms with Gasteiger partial charge in [-0.25, -0.2) is 26.6 Å². The number of pyridine rings is 2. The van der Waals surface area contributed by atoms with Crippen LogP contribution >= 0.6 is 0 Å². The zero-order valence-corrected chi connectivity index (χ0v) is 22.0. The number of H-pyrrole nitrogens is 1. The number of carbonyl (C=O) groups is 1. The summed E-state index contributed by atoms with van der Waals surface area (Å²) in [5, 5.41) is 2.66. The van der Waals surface area contributed by atoms with Crippen LogP contribution in [0.1, 0.15) is 30.4 Å². The minimum absolute atomic E-state index is 0.0461. The van der Waals surface area contributed by atoms with Crippen molar-refractivity contribution in [2.75, 3.05) is 24.7 Å². The van der Waals surface area contributed by atoms with Crippen LogP contribution in [0.3, 0.4) is 0 Å². The molecule has 2 N–H and O–H groups in total. The van der Waals surface area contributed by atoms with Crippen molar-refractivity contribution in [1.29, 1.82) is 0 Å². The van der Waals surface area contributed by atoms with Crippen LogP contribution in [0.15, 0.2) is 59.7 Å². The first kappa shape index (κ1) is 28.3. The van der Waals surface area contributed by atoms with Crippen LogP contribution in [-0.4, -0.2) is 60.5 Å². The molecule has 0 bridgehead atoms. The van der Waals surface area contributed by atoms with Gasteiger partial charge < -0.3 is 15.0 Å². The lowest BCUT2D eigenvalue weighted by atomic mass is 9.86. The van der Waals surface area contributed by atoms with Gasteiger partial charge in [-0.1, -0.05) is 0 Å².